The summed E-state index contributed by atoms with van der Waals surface area (Å²) < 4.78 is 0. The molecule has 0 aromatic rings. The molecule has 2 atom stereocenters. The Morgan fingerprint density at radius 2 is 1.36 bits per heavy atom. The molecule has 14 heavy (non-hydrogen) atoms. The topological polar surface area (TPSA) is 49.2 Å². The molecule has 2 N–H and O–H groups in total. The van der Waals surface area contributed by atoms with Crippen molar-refractivity contribution >= 4 is 23.5 Å². The minimum absolute atomic E-state index is 0.0901. The average Bonchev–Trinajstić information content (AvgIpc) is 2.26. The summed E-state index contributed by atoms with van der Waals surface area (Å²) in [6, 6.07) is 0. The Hall–Kier alpha value is -0.660. The minimum atomic E-state index is -0.195. The Morgan fingerprint density at radius 1 is 1.00 bits per heavy atom. The molecule has 0 aromatic heterocycles. The van der Waals surface area contributed by atoms with E-state index in [2.05, 4.69) is 9.69 Å². The van der Waals surface area contributed by atoms with E-state index in [1.54, 1.807) is 0 Å². The Balaban J connectivity index is 2.92. The summed E-state index contributed by atoms with van der Waals surface area (Å²) in [5.74, 6) is 0. The molecule has 1 aliphatic heterocycles. The highest BCUT2D eigenvalue weighted by atomic mass is 32.2. The molecule has 0 spiro atoms. The van der Waals surface area contributed by atoms with Crippen LogP contribution in [0.2, 0.25) is 0 Å². The standard InChI is InChI=1S/C8H8N2O2S2/c1-9-7-8(10-2)14-6(4-12)5(3-11)13-7/h5-6,11-12H,3-4H2/t5-,6-/m1/s1. The maximum atomic E-state index is 9.02. The van der Waals surface area contributed by atoms with Crippen LogP contribution in [-0.4, -0.2) is 33.9 Å². The van der Waals surface area contributed by atoms with Crippen molar-refractivity contribution in [3.63, 3.8) is 0 Å². The molecular weight excluding hydrogens is 220 g/mol. The summed E-state index contributed by atoms with van der Waals surface area (Å²) in [5, 5.41) is 18.3. The van der Waals surface area contributed by atoms with Gasteiger partial charge in [0.15, 0.2) is 0 Å². The van der Waals surface area contributed by atoms with Gasteiger partial charge in [-0.05, 0) is 0 Å². The van der Waals surface area contributed by atoms with E-state index >= 15 is 0 Å². The molecule has 0 amide bonds. The van der Waals surface area contributed by atoms with Crippen LogP contribution >= 0.6 is 23.5 Å². The quantitative estimate of drug-likeness (QED) is 0.696. The van der Waals surface area contributed by atoms with Gasteiger partial charge in [-0.2, -0.15) is 0 Å². The number of rotatable bonds is 2. The Kier molecular flexibility index (Phi) is 4.30. The molecule has 1 rings (SSSR count). The van der Waals surface area contributed by atoms with Gasteiger partial charge in [-0.3, -0.25) is 0 Å². The second-order valence-corrected chi connectivity index (χ2v) is 4.97. The lowest BCUT2D eigenvalue weighted by Gasteiger charge is -2.27. The van der Waals surface area contributed by atoms with E-state index in [0.29, 0.717) is 10.1 Å². The fourth-order valence-electron chi connectivity index (χ4n) is 0.997. The molecule has 0 saturated carbocycles. The van der Waals surface area contributed by atoms with Crippen LogP contribution in [0.5, 0.6) is 0 Å². The maximum absolute atomic E-state index is 9.02. The van der Waals surface area contributed by atoms with Crippen LogP contribution in [0.3, 0.4) is 0 Å². The van der Waals surface area contributed by atoms with Crippen LogP contribution in [0.4, 0.5) is 0 Å². The lowest BCUT2D eigenvalue weighted by atomic mass is 10.3. The van der Waals surface area contributed by atoms with Crippen LogP contribution in [-0.2, 0) is 0 Å². The molecule has 1 aliphatic rings. The fraction of sp³-hybridized carbons (Fsp3) is 0.500. The summed E-state index contributed by atoms with van der Waals surface area (Å²) in [6.45, 7) is 13.5. The van der Waals surface area contributed by atoms with Gasteiger partial charge in [0.1, 0.15) is 0 Å². The van der Waals surface area contributed by atoms with Crippen molar-refractivity contribution in [1.29, 1.82) is 0 Å². The van der Waals surface area contributed by atoms with E-state index in [0.717, 1.165) is 0 Å². The van der Waals surface area contributed by atoms with Crippen molar-refractivity contribution in [1.82, 2.24) is 0 Å². The number of hydrogen-bond donors (Lipinski definition) is 2. The van der Waals surface area contributed by atoms with Crippen molar-refractivity contribution in [2.45, 2.75) is 10.5 Å². The van der Waals surface area contributed by atoms with Gasteiger partial charge in [0.2, 0.25) is 10.1 Å². The van der Waals surface area contributed by atoms with Gasteiger partial charge in [-0.1, -0.05) is 0 Å². The van der Waals surface area contributed by atoms with Gasteiger partial charge < -0.3 is 10.2 Å². The lowest BCUT2D eigenvalue weighted by Crippen LogP contribution is -2.29. The average molecular weight is 228 g/mol. The van der Waals surface area contributed by atoms with Gasteiger partial charge in [0.05, 0.1) is 26.4 Å². The van der Waals surface area contributed by atoms with Crippen LogP contribution in [0, 0.1) is 13.1 Å². The third-order valence-corrected chi connectivity index (χ3v) is 4.56. The zero-order valence-electron chi connectivity index (χ0n) is 7.17. The van der Waals surface area contributed by atoms with Gasteiger partial charge in [-0.15, -0.1) is 23.5 Å². The molecule has 0 bridgehead atoms. The molecule has 4 nitrogen and oxygen atoms in total. The highest BCUT2D eigenvalue weighted by Gasteiger charge is 2.30. The summed E-state index contributed by atoms with van der Waals surface area (Å²) in [5.41, 5.74) is 0. The summed E-state index contributed by atoms with van der Waals surface area (Å²) in [6.07, 6.45) is 0. The number of thioether (sulfide) groups is 2. The molecule has 6 heteroatoms. The van der Waals surface area contributed by atoms with E-state index in [-0.39, 0.29) is 23.7 Å². The van der Waals surface area contributed by atoms with Crippen molar-refractivity contribution < 1.29 is 10.2 Å². The predicted molar refractivity (Wildman–Crippen MR) is 57.2 cm³/mol. The monoisotopic (exact) mass is 228 g/mol. The van der Waals surface area contributed by atoms with Crippen molar-refractivity contribution in [3.05, 3.63) is 32.9 Å². The third-order valence-electron chi connectivity index (χ3n) is 1.69. The number of hydrogen-bond acceptors (Lipinski definition) is 4. The highest BCUT2D eigenvalue weighted by molar-refractivity contribution is 8.11. The SMILES string of the molecule is [C-]#[N+]C1=C([N+]#[C-])S[C@H](CO)[C@@H](CO)S1. The van der Waals surface area contributed by atoms with Crippen LogP contribution in [0.25, 0.3) is 9.69 Å². The molecule has 0 fully saturated rings. The number of nitrogens with zero attached hydrogens (tertiary/aromatic N) is 2. The third kappa shape index (κ3) is 2.23. The van der Waals surface area contributed by atoms with E-state index in [4.69, 9.17) is 23.4 Å². The first kappa shape index (κ1) is 11.4. The van der Waals surface area contributed by atoms with Crippen molar-refractivity contribution in [2.75, 3.05) is 13.2 Å². The van der Waals surface area contributed by atoms with E-state index in [9.17, 15) is 0 Å². The zero-order valence-corrected chi connectivity index (χ0v) is 8.81. The van der Waals surface area contributed by atoms with E-state index < -0.39 is 0 Å². The molecular formula is C8H8N2O2S2. The first-order valence-electron chi connectivity index (χ1n) is 3.81. The maximum Gasteiger partial charge on any atom is 0.235 e. The zero-order chi connectivity index (χ0) is 10.6. The normalized spacial score (nSPS) is 26.9. The van der Waals surface area contributed by atoms with Crippen LogP contribution in [0.1, 0.15) is 0 Å². The second-order valence-electron chi connectivity index (χ2n) is 2.51. The van der Waals surface area contributed by atoms with Crippen molar-refractivity contribution in [3.8, 4) is 0 Å². The number of aliphatic hydroxyl groups excluding tert-OH is 2. The van der Waals surface area contributed by atoms with E-state index in [1.165, 1.54) is 23.5 Å². The molecule has 0 saturated heterocycles. The molecule has 0 unspecified atom stereocenters. The van der Waals surface area contributed by atoms with Gasteiger partial charge in [-0.25, -0.2) is 9.69 Å². The van der Waals surface area contributed by atoms with Gasteiger partial charge >= 0.3 is 0 Å². The minimum Gasteiger partial charge on any atom is -0.395 e. The lowest BCUT2D eigenvalue weighted by molar-refractivity contribution is 0.253. The Morgan fingerprint density at radius 3 is 1.57 bits per heavy atom. The Labute approximate surface area is 90.6 Å². The summed E-state index contributed by atoms with van der Waals surface area (Å²) >= 11 is 2.36. The smallest absolute Gasteiger partial charge is 0.235 e. The molecule has 1 heterocycles. The molecule has 74 valence electrons. The molecule has 0 aliphatic carbocycles. The summed E-state index contributed by atoms with van der Waals surface area (Å²) in [4.78, 5) is 6.46. The van der Waals surface area contributed by atoms with Crippen LogP contribution < -0.4 is 0 Å². The fourth-order valence-corrected chi connectivity index (χ4v) is 3.22. The molecule has 0 aromatic carbocycles. The highest BCUT2D eigenvalue weighted by Crippen LogP contribution is 2.43. The predicted octanol–water partition coefficient (Wildman–Crippen LogP) is 1.15. The van der Waals surface area contributed by atoms with Gasteiger partial charge in [0, 0.05) is 10.5 Å². The summed E-state index contributed by atoms with van der Waals surface area (Å²) in [7, 11) is 0. The second kappa shape index (κ2) is 5.28. The van der Waals surface area contributed by atoms with E-state index in [1.807, 2.05) is 0 Å². The van der Waals surface area contributed by atoms with Crippen LogP contribution in [0.15, 0.2) is 10.1 Å². The Bertz CT molecular complexity index is 297. The first-order valence-corrected chi connectivity index (χ1v) is 5.57. The first-order chi connectivity index (χ1) is 6.76. The molecule has 0 radical (unpaired) electrons. The largest absolute Gasteiger partial charge is 0.395 e. The van der Waals surface area contributed by atoms with Crippen molar-refractivity contribution in [2.24, 2.45) is 0 Å². The van der Waals surface area contributed by atoms with Gasteiger partial charge in [0.25, 0.3) is 0 Å². The number of aliphatic hydroxyl groups is 2.